The topological polar surface area (TPSA) is 106 Å². The summed E-state index contributed by atoms with van der Waals surface area (Å²) in [4.78, 5) is 13.2. The van der Waals surface area contributed by atoms with Gasteiger partial charge >= 0.3 is 5.82 Å². The molecular weight excluding hydrogens is 300 g/mol. The molecule has 0 fully saturated rings. The van der Waals surface area contributed by atoms with Crippen LogP contribution < -0.4 is 4.74 Å². The zero-order valence-electron chi connectivity index (χ0n) is 12.5. The van der Waals surface area contributed by atoms with Crippen LogP contribution in [0.5, 0.6) is 5.75 Å². The Labute approximate surface area is 131 Å². The molecule has 2 N–H and O–H groups in total. The summed E-state index contributed by atoms with van der Waals surface area (Å²) in [6.07, 6.45) is 0.989. The molecule has 0 radical (unpaired) electrons. The molecule has 2 aromatic heterocycles. The van der Waals surface area contributed by atoms with E-state index in [1.54, 1.807) is 6.92 Å². The third-order valence-electron chi connectivity index (χ3n) is 3.53. The molecule has 3 rings (SSSR count). The van der Waals surface area contributed by atoms with Crippen LogP contribution in [0.2, 0.25) is 0 Å². The van der Waals surface area contributed by atoms with Crippen LogP contribution in [0.4, 0.5) is 5.82 Å². The highest BCUT2D eigenvalue weighted by Crippen LogP contribution is 2.24. The maximum Gasteiger partial charge on any atom is 0.390 e. The minimum Gasteiger partial charge on any atom is -0.490 e. The third kappa shape index (κ3) is 3.16. The molecule has 0 bridgehead atoms. The number of aromatic amines is 1. The summed E-state index contributed by atoms with van der Waals surface area (Å²) in [5.74, 6) is 0.443. The van der Waals surface area contributed by atoms with Gasteiger partial charge in [-0.3, -0.25) is 0 Å². The van der Waals surface area contributed by atoms with Crippen molar-refractivity contribution in [1.29, 1.82) is 0 Å². The van der Waals surface area contributed by atoms with Crippen molar-refractivity contribution >= 4 is 16.7 Å². The van der Waals surface area contributed by atoms with Crippen molar-refractivity contribution in [1.82, 2.24) is 14.8 Å². The molecule has 0 aliphatic carbocycles. The highest BCUT2D eigenvalue weighted by Gasteiger charge is 2.18. The highest BCUT2D eigenvalue weighted by atomic mass is 16.6. The fourth-order valence-electron chi connectivity index (χ4n) is 2.39. The van der Waals surface area contributed by atoms with Crippen molar-refractivity contribution in [3.63, 3.8) is 0 Å². The monoisotopic (exact) mass is 316 g/mol. The van der Waals surface area contributed by atoms with Crippen LogP contribution in [0.1, 0.15) is 5.69 Å². The van der Waals surface area contributed by atoms with E-state index in [4.69, 9.17) is 4.74 Å². The van der Waals surface area contributed by atoms with Gasteiger partial charge < -0.3 is 24.9 Å². The zero-order valence-corrected chi connectivity index (χ0v) is 12.5. The maximum atomic E-state index is 10.7. The van der Waals surface area contributed by atoms with Gasteiger partial charge in [0.15, 0.2) is 0 Å². The molecule has 120 valence electrons. The summed E-state index contributed by atoms with van der Waals surface area (Å²) in [5.41, 5.74) is 1.57. The minimum absolute atomic E-state index is 0.0669. The van der Waals surface area contributed by atoms with E-state index in [9.17, 15) is 15.2 Å². The molecule has 1 atom stereocenters. The van der Waals surface area contributed by atoms with Gasteiger partial charge in [0.25, 0.3) is 0 Å². The third-order valence-corrected chi connectivity index (χ3v) is 3.53. The smallest absolute Gasteiger partial charge is 0.390 e. The number of aromatic nitrogens is 3. The average Bonchev–Trinajstić information content (AvgIpc) is 3.12. The fourth-order valence-corrected chi connectivity index (χ4v) is 2.39. The minimum atomic E-state index is -0.831. The lowest BCUT2D eigenvalue weighted by atomic mass is 10.2. The maximum absolute atomic E-state index is 10.7. The van der Waals surface area contributed by atoms with Crippen molar-refractivity contribution in [2.75, 3.05) is 6.61 Å². The second kappa shape index (κ2) is 6.09. The van der Waals surface area contributed by atoms with Crippen molar-refractivity contribution < 1.29 is 14.8 Å². The Morgan fingerprint density at radius 3 is 3.04 bits per heavy atom. The summed E-state index contributed by atoms with van der Waals surface area (Å²) >= 11 is 0. The lowest BCUT2D eigenvalue weighted by Gasteiger charge is -2.12. The number of rotatable bonds is 6. The summed E-state index contributed by atoms with van der Waals surface area (Å²) in [6, 6.07) is 8.89. The number of H-pyrrole nitrogens is 1. The summed E-state index contributed by atoms with van der Waals surface area (Å²) in [7, 11) is 0. The average molecular weight is 316 g/mol. The van der Waals surface area contributed by atoms with Gasteiger partial charge in [0.05, 0.1) is 23.4 Å². The van der Waals surface area contributed by atoms with Gasteiger partial charge in [-0.1, -0.05) is 6.07 Å². The van der Waals surface area contributed by atoms with E-state index in [1.807, 2.05) is 30.5 Å². The Kier molecular flexibility index (Phi) is 3.98. The van der Waals surface area contributed by atoms with E-state index in [1.165, 1.54) is 10.7 Å². The Bertz CT molecular complexity index is 839. The highest BCUT2D eigenvalue weighted by molar-refractivity contribution is 5.85. The second-order valence-electron chi connectivity index (χ2n) is 5.24. The van der Waals surface area contributed by atoms with Gasteiger partial charge in [0.2, 0.25) is 0 Å². The van der Waals surface area contributed by atoms with Gasteiger partial charge in [0, 0.05) is 17.1 Å². The first kappa shape index (κ1) is 15.0. The zero-order chi connectivity index (χ0) is 16.4. The van der Waals surface area contributed by atoms with Crippen LogP contribution in [-0.2, 0) is 6.54 Å². The number of aliphatic hydroxyl groups excluding tert-OH is 1. The van der Waals surface area contributed by atoms with E-state index in [2.05, 4.69) is 10.1 Å². The number of nitrogens with one attached hydrogen (secondary N) is 1. The lowest BCUT2D eigenvalue weighted by Crippen LogP contribution is -2.24. The summed E-state index contributed by atoms with van der Waals surface area (Å²) < 4.78 is 7.07. The van der Waals surface area contributed by atoms with E-state index in [0.717, 1.165) is 10.9 Å². The fraction of sp³-hybridized carbons (Fsp3) is 0.267. The number of ether oxygens (including phenoxy) is 1. The van der Waals surface area contributed by atoms with Crippen LogP contribution in [0.25, 0.3) is 10.9 Å². The van der Waals surface area contributed by atoms with Crippen molar-refractivity contribution in [3.05, 3.63) is 52.3 Å². The van der Waals surface area contributed by atoms with Gasteiger partial charge in [-0.05, 0) is 30.0 Å². The quantitative estimate of drug-likeness (QED) is 0.534. The first-order chi connectivity index (χ1) is 11.0. The molecule has 0 unspecified atom stereocenters. The van der Waals surface area contributed by atoms with Gasteiger partial charge in [-0.2, -0.15) is 4.68 Å². The predicted octanol–water partition coefficient (Wildman–Crippen LogP) is 2.02. The van der Waals surface area contributed by atoms with Crippen LogP contribution >= 0.6 is 0 Å². The largest absolute Gasteiger partial charge is 0.490 e. The Hall–Kier alpha value is -2.87. The Morgan fingerprint density at radius 2 is 2.30 bits per heavy atom. The molecule has 8 nitrogen and oxygen atoms in total. The molecule has 8 heteroatoms. The molecule has 0 aliphatic heterocycles. The molecule has 0 saturated carbocycles. The molecule has 1 aromatic carbocycles. The molecule has 3 aromatic rings. The number of benzene rings is 1. The number of hydrogen-bond donors (Lipinski definition) is 2. The molecule has 23 heavy (non-hydrogen) atoms. The first-order valence-corrected chi connectivity index (χ1v) is 7.10. The van der Waals surface area contributed by atoms with E-state index in [-0.39, 0.29) is 19.0 Å². The Morgan fingerprint density at radius 1 is 1.48 bits per heavy atom. The van der Waals surface area contributed by atoms with Crippen molar-refractivity contribution in [2.45, 2.75) is 19.6 Å². The van der Waals surface area contributed by atoms with Crippen LogP contribution in [-0.4, -0.2) is 37.5 Å². The lowest BCUT2D eigenvalue weighted by molar-refractivity contribution is -0.389. The summed E-state index contributed by atoms with van der Waals surface area (Å²) in [6.45, 7) is 1.90. The Balaban J connectivity index is 1.65. The van der Waals surface area contributed by atoms with Gasteiger partial charge in [-0.15, -0.1) is 0 Å². The predicted molar refractivity (Wildman–Crippen MR) is 83.4 cm³/mol. The van der Waals surface area contributed by atoms with Crippen LogP contribution in [0, 0.1) is 17.0 Å². The first-order valence-electron chi connectivity index (χ1n) is 7.10. The van der Waals surface area contributed by atoms with E-state index < -0.39 is 11.0 Å². The molecule has 0 spiro atoms. The summed E-state index contributed by atoms with van der Waals surface area (Å²) in [5, 5.41) is 25.6. The number of fused-ring (bicyclic) bond motifs is 1. The number of nitro groups is 1. The molecular formula is C15H16N4O4. The number of nitrogens with zero attached hydrogens (tertiary/aromatic N) is 3. The SMILES string of the molecule is Cc1cc([N+](=O)[O-])nn1C[C@H](O)COc1cccc2[nH]ccc12. The van der Waals surface area contributed by atoms with Gasteiger partial charge in [0.1, 0.15) is 18.5 Å². The second-order valence-corrected chi connectivity index (χ2v) is 5.24. The van der Waals surface area contributed by atoms with E-state index in [0.29, 0.717) is 11.4 Å². The van der Waals surface area contributed by atoms with E-state index >= 15 is 0 Å². The molecule has 2 heterocycles. The molecule has 0 amide bonds. The van der Waals surface area contributed by atoms with Crippen LogP contribution in [0.3, 0.4) is 0 Å². The number of aryl methyl sites for hydroxylation is 1. The standard InChI is InChI=1S/C15H16N4O4/c1-10-7-15(19(21)22)17-18(10)8-11(20)9-23-14-4-2-3-13-12(14)5-6-16-13/h2-7,11,16,20H,8-9H2,1H3/t11-/m0/s1. The number of hydrogen-bond acceptors (Lipinski definition) is 5. The van der Waals surface area contributed by atoms with Crippen molar-refractivity contribution in [2.24, 2.45) is 0 Å². The number of aliphatic hydroxyl groups is 1. The van der Waals surface area contributed by atoms with Crippen molar-refractivity contribution in [3.8, 4) is 5.75 Å². The van der Waals surface area contributed by atoms with Gasteiger partial charge in [-0.25, -0.2) is 0 Å². The van der Waals surface area contributed by atoms with Crippen LogP contribution in [0.15, 0.2) is 36.5 Å². The molecule has 0 saturated heterocycles. The normalized spacial score (nSPS) is 12.4. The molecule has 0 aliphatic rings.